The Kier molecular flexibility index (Phi) is 33.3. The molecule has 19 N–H and O–H groups in total. The molecule has 102 heavy (non-hydrogen) atoms. The molecule has 0 spiro atoms. The Hall–Kier alpha value is -10.2. The maximum absolute atomic E-state index is 14.4. The van der Waals surface area contributed by atoms with Gasteiger partial charge < -0.3 is 89.9 Å². The number of alkyl halides is 3. The van der Waals surface area contributed by atoms with Gasteiger partial charge in [-0.25, -0.2) is 9.37 Å². The Balaban J connectivity index is 1.45. The molecule has 0 saturated heterocycles. The molecular weight excluding hydrogens is 1340 g/mol. The third-order valence-corrected chi connectivity index (χ3v) is 16.4. The highest BCUT2D eigenvalue weighted by Gasteiger charge is 2.37. The van der Waals surface area contributed by atoms with Crippen LogP contribution in [0.4, 0.5) is 17.6 Å². The van der Waals surface area contributed by atoms with Gasteiger partial charge in [0.1, 0.15) is 48.1 Å². The molecule has 0 aliphatic heterocycles. The van der Waals surface area contributed by atoms with Crippen molar-refractivity contribution < 1.29 is 80.2 Å². The zero-order chi connectivity index (χ0) is 76.3. The van der Waals surface area contributed by atoms with E-state index in [2.05, 4.69) is 63.1 Å². The summed E-state index contributed by atoms with van der Waals surface area (Å²) >= 11 is 0. The van der Waals surface area contributed by atoms with Gasteiger partial charge in [-0.05, 0) is 99.5 Å². The van der Waals surface area contributed by atoms with Gasteiger partial charge in [0.05, 0.1) is 37.0 Å². The van der Waals surface area contributed by atoms with Crippen LogP contribution < -0.4 is 70.4 Å². The van der Waals surface area contributed by atoms with Crippen LogP contribution in [-0.2, 0) is 78.8 Å². The highest BCUT2D eigenvalue weighted by molar-refractivity contribution is 5.99. The van der Waals surface area contributed by atoms with Gasteiger partial charge in [0.15, 0.2) is 5.96 Å². The van der Waals surface area contributed by atoms with E-state index in [0.717, 1.165) is 11.0 Å². The SMILES string of the molecule is CC(C)C[C@H](NC(=O)C[C@H](O)[C@H](CC(C)C)NC(=O)[C@H](Cc1cncn1C)NC(=O)CN(C)C(=O)[C@@H](NC(=O)[C@H](C)NC(=O)[C@H](Cc1c[nH]c2ccccc12)NC(=O)[C@H](CCC(N)=O)NC(=O)CCCCNC(=O)[C@H](CCCNC(=N)N)NC(=O)c1ccc([18F])c(C(F)(F)F)c1)C(C)C)C(N)=O. The van der Waals surface area contributed by atoms with E-state index >= 15 is 0 Å². The highest BCUT2D eigenvalue weighted by Crippen LogP contribution is 2.32. The molecular formula is C67H98F4N18O13. The van der Waals surface area contributed by atoms with E-state index in [9.17, 15) is 80.2 Å². The van der Waals surface area contributed by atoms with Gasteiger partial charge in [-0.3, -0.25) is 62.9 Å². The number of fused-ring (bicyclic) bond motifs is 1. The van der Waals surface area contributed by atoms with Crippen molar-refractivity contribution in [3.05, 3.63) is 89.4 Å². The maximum atomic E-state index is 14.4. The zero-order valence-corrected chi connectivity index (χ0v) is 58.7. The summed E-state index contributed by atoms with van der Waals surface area (Å²) in [5.41, 5.74) is 15.8. The fourth-order valence-electron chi connectivity index (χ4n) is 10.8. The van der Waals surface area contributed by atoms with Crippen molar-refractivity contribution in [1.82, 2.24) is 72.6 Å². The Bertz CT molecular complexity index is 3580. The van der Waals surface area contributed by atoms with Crippen molar-refractivity contribution >= 4 is 87.7 Å². The number of para-hydroxylation sites is 1. The Morgan fingerprint density at radius 2 is 1.28 bits per heavy atom. The van der Waals surface area contributed by atoms with Gasteiger partial charge in [-0.2, -0.15) is 13.2 Å². The van der Waals surface area contributed by atoms with Crippen molar-refractivity contribution in [2.45, 2.75) is 186 Å². The summed E-state index contributed by atoms with van der Waals surface area (Å²) in [5.74, 6) is -12.5. The summed E-state index contributed by atoms with van der Waals surface area (Å²) in [5, 5.41) is 45.3. The molecule has 0 saturated carbocycles. The molecule has 2 heterocycles. The number of nitrogens with two attached hydrogens (primary N) is 3. The summed E-state index contributed by atoms with van der Waals surface area (Å²) < 4.78 is 55.9. The highest BCUT2D eigenvalue weighted by atomic mass is 19.4. The number of amides is 12. The lowest BCUT2D eigenvalue weighted by atomic mass is 9.96. The third kappa shape index (κ3) is 28.1. The van der Waals surface area contributed by atoms with Gasteiger partial charge in [-0.15, -0.1) is 0 Å². The van der Waals surface area contributed by atoms with Crippen molar-refractivity contribution in [1.29, 1.82) is 5.41 Å². The molecule has 2 aromatic heterocycles. The van der Waals surface area contributed by atoms with Crippen molar-refractivity contribution in [2.24, 2.45) is 42.0 Å². The van der Waals surface area contributed by atoms with Crippen LogP contribution in [0.3, 0.4) is 0 Å². The molecule has 4 rings (SSSR count). The number of benzene rings is 2. The molecule has 0 radical (unpaired) electrons. The van der Waals surface area contributed by atoms with Crippen LogP contribution in [0.25, 0.3) is 10.9 Å². The van der Waals surface area contributed by atoms with Crippen LogP contribution >= 0.6 is 0 Å². The summed E-state index contributed by atoms with van der Waals surface area (Å²) in [4.78, 5) is 170. The fraction of sp³-hybridized carbons (Fsp3) is 0.552. The third-order valence-electron chi connectivity index (χ3n) is 16.4. The normalized spacial score (nSPS) is 14.1. The number of hydrogen-bond acceptors (Lipinski definition) is 15. The molecule has 4 aromatic rings. The molecule has 0 unspecified atom stereocenters. The van der Waals surface area contributed by atoms with Crippen molar-refractivity contribution in [3.63, 3.8) is 0 Å². The number of aryl methyl sites for hydroxylation is 1. The number of guanidine groups is 1. The molecule has 0 fully saturated rings. The zero-order valence-electron chi connectivity index (χ0n) is 58.7. The quantitative estimate of drug-likeness (QED) is 0.0123. The summed E-state index contributed by atoms with van der Waals surface area (Å²) in [6, 6.07) is -1.64. The summed E-state index contributed by atoms with van der Waals surface area (Å²) in [7, 11) is 2.97. The first kappa shape index (κ1) is 84.2. The van der Waals surface area contributed by atoms with E-state index in [0.29, 0.717) is 34.3 Å². The molecule has 562 valence electrons. The molecule has 0 aliphatic carbocycles. The van der Waals surface area contributed by atoms with Crippen LogP contribution in [0.1, 0.15) is 140 Å². The van der Waals surface area contributed by atoms with E-state index < -0.39 is 174 Å². The minimum absolute atomic E-state index is 0.00635. The van der Waals surface area contributed by atoms with Gasteiger partial charge in [0, 0.05) is 87.4 Å². The first-order valence-corrected chi connectivity index (χ1v) is 33.5. The molecule has 9 atom stereocenters. The first-order valence-electron chi connectivity index (χ1n) is 33.5. The topological polar surface area (TPSA) is 484 Å². The smallest absolute Gasteiger partial charge is 0.390 e. The van der Waals surface area contributed by atoms with Gasteiger partial charge in [0.2, 0.25) is 65.0 Å². The van der Waals surface area contributed by atoms with E-state index in [-0.39, 0.29) is 95.1 Å². The largest absolute Gasteiger partial charge is 0.419 e. The number of hydrogen-bond donors (Lipinski definition) is 16. The number of aromatic amines is 1. The number of nitrogens with one attached hydrogen (secondary N) is 12. The van der Waals surface area contributed by atoms with Gasteiger partial charge in [0.25, 0.3) is 5.91 Å². The molecule has 35 heteroatoms. The number of unbranched alkanes of at least 4 members (excludes halogenated alkanes) is 1. The van der Waals surface area contributed by atoms with Crippen LogP contribution in [0, 0.1) is 29.0 Å². The number of primary amides is 2. The number of likely N-dealkylation sites (N-methyl/N-ethyl adjacent to an activating group) is 1. The molecule has 31 nitrogen and oxygen atoms in total. The van der Waals surface area contributed by atoms with Gasteiger partial charge in [-0.1, -0.05) is 59.7 Å². The monoisotopic (exact) mass is 1440 g/mol. The number of aliphatic hydroxyl groups excluding tert-OH is 1. The number of aliphatic hydroxyl groups is 1. The fourth-order valence-corrected chi connectivity index (χ4v) is 10.8. The van der Waals surface area contributed by atoms with E-state index in [1.54, 1.807) is 55.9 Å². The summed E-state index contributed by atoms with van der Waals surface area (Å²) in [6.45, 7) is 11.3. The van der Waals surface area contributed by atoms with Crippen molar-refractivity contribution in [3.8, 4) is 0 Å². The molecule has 12 amide bonds. The minimum atomic E-state index is -5.12. The number of aromatic nitrogens is 3. The Morgan fingerprint density at radius 3 is 1.90 bits per heavy atom. The maximum Gasteiger partial charge on any atom is 0.419 e. The number of H-pyrrole nitrogens is 1. The Labute approximate surface area is 588 Å². The molecule has 2 aromatic carbocycles. The second-order valence-corrected chi connectivity index (χ2v) is 26.3. The number of halogens is 4. The molecule has 0 bridgehead atoms. The van der Waals surface area contributed by atoms with Gasteiger partial charge >= 0.3 is 6.18 Å². The number of rotatable bonds is 42. The lowest BCUT2D eigenvalue weighted by molar-refractivity contribution is -0.140. The lowest BCUT2D eigenvalue weighted by Crippen LogP contribution is -2.59. The average molecular weight is 1440 g/mol. The second-order valence-electron chi connectivity index (χ2n) is 26.3. The van der Waals surface area contributed by atoms with Crippen LogP contribution in [-0.4, -0.2) is 183 Å². The minimum Gasteiger partial charge on any atom is -0.390 e. The van der Waals surface area contributed by atoms with Crippen LogP contribution in [0.5, 0.6) is 0 Å². The standard InChI is InChI=1S/C67H98F4N18O13/c1-35(2)25-48(52(90)30-55(93)82-49(58(73)95)26-36(3)4)85-64(101)51(29-41-32-76-34-89(41)9)83-56(94)33-88(8)65(102)57(37(5)6)87-59(96)38(7)80-63(100)50(28-40-31-79-45-16-11-10-15-42(40)45)86-62(99)47(21-22-53(72)91)81-54(92)18-12-13-23-77-61(98)46(17-14-24-78-66(74)75)84-60(97)39-19-20-44(68)43(27-39)67(69,70)71/h10-11,15-16,19-20,27,31-32,34-38,46-52,57,79,90H,12-14,17-18,21-26,28-30,33H2,1-9H3,(H2,72,91)(H2,73,95)(H,77,98)(H,80,100)(H,81,92)(H,82,93)(H,83,94)(H,84,97)(H,85,101)(H,86,99)(H,87,96)(H4,74,75,78)/t38-,46-,47-,48-,49-,50-,51-,52-,57-/m0/s1/i68-1. The number of carbonyl (C=O) groups excluding carboxylic acids is 12. The van der Waals surface area contributed by atoms with Crippen LogP contribution in [0.15, 0.2) is 61.2 Å². The number of imidazole rings is 1. The van der Waals surface area contributed by atoms with Crippen molar-refractivity contribution in [2.75, 3.05) is 26.7 Å². The second kappa shape index (κ2) is 40.3. The number of nitrogens with zero attached hydrogens (tertiary/aromatic N) is 3. The van der Waals surface area contributed by atoms with E-state index in [1.165, 1.54) is 26.5 Å². The predicted molar refractivity (Wildman–Crippen MR) is 366 cm³/mol. The summed E-state index contributed by atoms with van der Waals surface area (Å²) in [6.07, 6.45) is -3.02. The average Bonchev–Trinajstić information content (AvgIpc) is 1.31. The van der Waals surface area contributed by atoms with E-state index in [4.69, 9.17) is 22.6 Å². The Morgan fingerprint density at radius 1 is 0.667 bits per heavy atom. The van der Waals surface area contributed by atoms with Crippen LogP contribution in [0.2, 0.25) is 0 Å². The predicted octanol–water partition coefficient (Wildman–Crippen LogP) is 0.315. The first-order chi connectivity index (χ1) is 47.8. The molecule has 0 aliphatic rings. The number of carbonyl (C=O) groups is 12. The lowest BCUT2D eigenvalue weighted by Gasteiger charge is -2.30. The van der Waals surface area contributed by atoms with E-state index in [1.807, 2.05) is 27.7 Å².